The summed E-state index contributed by atoms with van der Waals surface area (Å²) in [6.45, 7) is 3.81. The highest BCUT2D eigenvalue weighted by Gasteiger charge is 2.07. The summed E-state index contributed by atoms with van der Waals surface area (Å²) >= 11 is 0. The summed E-state index contributed by atoms with van der Waals surface area (Å²) in [5, 5.41) is 2.74. The number of rotatable bonds is 6. The summed E-state index contributed by atoms with van der Waals surface area (Å²) in [5.74, 6) is -0.679. The molecule has 21 heavy (non-hydrogen) atoms. The van der Waals surface area contributed by atoms with E-state index in [1.165, 1.54) is 0 Å². The van der Waals surface area contributed by atoms with E-state index in [2.05, 4.69) is 16.2 Å². The molecule has 1 aromatic rings. The third-order valence-electron chi connectivity index (χ3n) is 2.70. The van der Waals surface area contributed by atoms with Crippen molar-refractivity contribution in [1.29, 1.82) is 0 Å². The molecule has 0 radical (unpaired) electrons. The quantitative estimate of drug-likeness (QED) is 0.700. The van der Waals surface area contributed by atoms with Crippen molar-refractivity contribution in [3.8, 4) is 0 Å². The summed E-state index contributed by atoms with van der Waals surface area (Å²) in [7, 11) is 0. The molecule has 6 heteroatoms. The number of hydrazine groups is 1. The van der Waals surface area contributed by atoms with Crippen LogP contribution in [0.1, 0.15) is 49.9 Å². The van der Waals surface area contributed by atoms with Gasteiger partial charge in [-0.1, -0.05) is 13.8 Å². The van der Waals surface area contributed by atoms with Crippen LogP contribution < -0.4 is 16.2 Å². The average Bonchev–Trinajstić information content (AvgIpc) is 2.46. The molecular formula is C15H21N3O3. The Bertz CT molecular complexity index is 497. The number of amides is 3. The Morgan fingerprint density at radius 3 is 2.00 bits per heavy atom. The number of carbonyl (C=O) groups excluding carboxylic acids is 3. The first-order chi connectivity index (χ1) is 10.1. The molecule has 0 atom stereocenters. The molecular weight excluding hydrogens is 270 g/mol. The minimum Gasteiger partial charge on any atom is -0.326 e. The van der Waals surface area contributed by atoms with E-state index in [4.69, 9.17) is 0 Å². The second-order valence-corrected chi connectivity index (χ2v) is 4.63. The minimum absolute atomic E-state index is 0.0541. The van der Waals surface area contributed by atoms with Crippen molar-refractivity contribution in [1.82, 2.24) is 10.9 Å². The van der Waals surface area contributed by atoms with E-state index in [0.717, 1.165) is 6.42 Å². The molecule has 0 unspecified atom stereocenters. The normalized spacial score (nSPS) is 9.81. The highest BCUT2D eigenvalue weighted by atomic mass is 16.2. The lowest BCUT2D eigenvalue weighted by Crippen LogP contribution is -2.41. The topological polar surface area (TPSA) is 87.3 Å². The predicted molar refractivity (Wildman–Crippen MR) is 80.5 cm³/mol. The fourth-order valence-electron chi connectivity index (χ4n) is 1.64. The van der Waals surface area contributed by atoms with Crippen molar-refractivity contribution in [3.63, 3.8) is 0 Å². The van der Waals surface area contributed by atoms with Crippen molar-refractivity contribution in [3.05, 3.63) is 29.8 Å². The Morgan fingerprint density at radius 1 is 0.857 bits per heavy atom. The maximum absolute atomic E-state index is 11.8. The number of carbonyl (C=O) groups is 3. The highest BCUT2D eigenvalue weighted by Crippen LogP contribution is 2.10. The van der Waals surface area contributed by atoms with Crippen LogP contribution in [0.2, 0.25) is 0 Å². The lowest BCUT2D eigenvalue weighted by atomic mass is 10.2. The number of hydrogen-bond donors (Lipinski definition) is 3. The smallest absolute Gasteiger partial charge is 0.269 e. The first-order valence-corrected chi connectivity index (χ1v) is 7.06. The van der Waals surface area contributed by atoms with Gasteiger partial charge in [0, 0.05) is 24.1 Å². The molecule has 0 aromatic heterocycles. The Labute approximate surface area is 124 Å². The first-order valence-electron chi connectivity index (χ1n) is 7.06. The van der Waals surface area contributed by atoms with Crippen molar-refractivity contribution in [2.24, 2.45) is 0 Å². The third-order valence-corrected chi connectivity index (χ3v) is 2.70. The van der Waals surface area contributed by atoms with E-state index in [0.29, 0.717) is 30.5 Å². The fourth-order valence-corrected chi connectivity index (χ4v) is 1.64. The molecule has 0 fully saturated rings. The maximum atomic E-state index is 11.8. The number of hydrogen-bond acceptors (Lipinski definition) is 3. The van der Waals surface area contributed by atoms with Gasteiger partial charge in [-0.2, -0.15) is 0 Å². The second kappa shape index (κ2) is 8.73. The van der Waals surface area contributed by atoms with Gasteiger partial charge in [-0.3, -0.25) is 25.2 Å². The van der Waals surface area contributed by atoms with Gasteiger partial charge in [0.1, 0.15) is 0 Å². The standard InChI is InChI=1S/C15H21N3O3/c1-3-5-13(19)16-12-9-7-11(8-10-12)15(21)18-17-14(20)6-4-2/h7-10H,3-6H2,1-2H3,(H,16,19)(H,17,20)(H,18,21). The molecule has 0 heterocycles. The summed E-state index contributed by atoms with van der Waals surface area (Å²) in [4.78, 5) is 34.5. The van der Waals surface area contributed by atoms with Gasteiger partial charge in [-0.25, -0.2) is 0 Å². The Morgan fingerprint density at radius 2 is 1.43 bits per heavy atom. The molecule has 0 saturated carbocycles. The average molecular weight is 291 g/mol. The van der Waals surface area contributed by atoms with E-state index >= 15 is 0 Å². The minimum atomic E-state index is -0.397. The van der Waals surface area contributed by atoms with Crippen LogP contribution >= 0.6 is 0 Å². The van der Waals surface area contributed by atoms with E-state index in [1.54, 1.807) is 24.3 Å². The summed E-state index contributed by atoms with van der Waals surface area (Å²) in [5.41, 5.74) is 5.72. The number of anilines is 1. The fraction of sp³-hybridized carbons (Fsp3) is 0.400. The molecule has 6 nitrogen and oxygen atoms in total. The SMILES string of the molecule is CCCC(=O)NNC(=O)c1ccc(NC(=O)CCC)cc1. The zero-order valence-electron chi connectivity index (χ0n) is 12.4. The molecule has 0 aliphatic rings. The zero-order valence-corrected chi connectivity index (χ0v) is 12.4. The van der Waals surface area contributed by atoms with Gasteiger partial charge in [-0.15, -0.1) is 0 Å². The van der Waals surface area contributed by atoms with Crippen LogP contribution in [0.3, 0.4) is 0 Å². The van der Waals surface area contributed by atoms with E-state index in [-0.39, 0.29) is 11.8 Å². The Kier molecular flexibility index (Phi) is 6.94. The second-order valence-electron chi connectivity index (χ2n) is 4.63. The summed E-state index contributed by atoms with van der Waals surface area (Å²) < 4.78 is 0. The largest absolute Gasteiger partial charge is 0.326 e. The van der Waals surface area contributed by atoms with E-state index in [1.807, 2.05) is 13.8 Å². The lowest BCUT2D eigenvalue weighted by Gasteiger charge is -2.08. The van der Waals surface area contributed by atoms with Gasteiger partial charge >= 0.3 is 0 Å². The van der Waals surface area contributed by atoms with Crippen molar-refractivity contribution >= 4 is 23.4 Å². The molecule has 1 aromatic carbocycles. The Balaban J connectivity index is 2.51. The summed E-state index contributed by atoms with van der Waals surface area (Å²) in [6, 6.07) is 6.47. The van der Waals surface area contributed by atoms with Crippen molar-refractivity contribution < 1.29 is 14.4 Å². The van der Waals surface area contributed by atoms with Crippen LogP contribution in [0.5, 0.6) is 0 Å². The van der Waals surface area contributed by atoms with Gasteiger partial charge in [0.25, 0.3) is 5.91 Å². The molecule has 114 valence electrons. The van der Waals surface area contributed by atoms with E-state index in [9.17, 15) is 14.4 Å². The van der Waals surface area contributed by atoms with Crippen LogP contribution in [0.4, 0.5) is 5.69 Å². The molecule has 1 rings (SSSR count). The molecule has 0 aliphatic carbocycles. The van der Waals surface area contributed by atoms with Gasteiger partial charge in [-0.05, 0) is 37.1 Å². The van der Waals surface area contributed by atoms with Gasteiger partial charge in [0.15, 0.2) is 0 Å². The molecule has 0 saturated heterocycles. The van der Waals surface area contributed by atoms with Crippen LogP contribution in [0, 0.1) is 0 Å². The van der Waals surface area contributed by atoms with Crippen molar-refractivity contribution in [2.75, 3.05) is 5.32 Å². The van der Waals surface area contributed by atoms with Gasteiger partial charge in [0.05, 0.1) is 0 Å². The molecule has 0 bridgehead atoms. The third kappa shape index (κ3) is 6.07. The first kappa shape index (κ1) is 16.7. The molecule has 3 amide bonds. The lowest BCUT2D eigenvalue weighted by molar-refractivity contribution is -0.122. The summed E-state index contributed by atoms with van der Waals surface area (Å²) in [6.07, 6.45) is 2.33. The van der Waals surface area contributed by atoms with Crippen LogP contribution in [-0.2, 0) is 9.59 Å². The molecule has 0 spiro atoms. The van der Waals surface area contributed by atoms with Gasteiger partial charge < -0.3 is 5.32 Å². The van der Waals surface area contributed by atoms with Crippen molar-refractivity contribution in [2.45, 2.75) is 39.5 Å². The molecule has 3 N–H and O–H groups in total. The van der Waals surface area contributed by atoms with Gasteiger partial charge in [0.2, 0.25) is 11.8 Å². The predicted octanol–water partition coefficient (Wildman–Crippen LogP) is 1.99. The zero-order chi connectivity index (χ0) is 15.7. The Hall–Kier alpha value is -2.37. The maximum Gasteiger partial charge on any atom is 0.269 e. The molecule has 0 aliphatic heterocycles. The monoisotopic (exact) mass is 291 g/mol. The highest BCUT2D eigenvalue weighted by molar-refractivity contribution is 5.96. The van der Waals surface area contributed by atoms with Crippen LogP contribution in [-0.4, -0.2) is 17.7 Å². The number of nitrogens with one attached hydrogen (secondary N) is 3. The van der Waals surface area contributed by atoms with Crippen LogP contribution in [0.25, 0.3) is 0 Å². The van der Waals surface area contributed by atoms with Crippen LogP contribution in [0.15, 0.2) is 24.3 Å². The number of benzene rings is 1. The van der Waals surface area contributed by atoms with E-state index < -0.39 is 5.91 Å².